The molecule has 2 nitrogen and oxygen atoms in total. The van der Waals surface area contributed by atoms with Crippen molar-refractivity contribution in [1.29, 1.82) is 0 Å². The molecule has 0 spiro atoms. The minimum atomic E-state index is 0.219. The number of aryl methyl sites for hydroxylation is 1. The molecule has 0 fully saturated rings. The van der Waals surface area contributed by atoms with Crippen LogP contribution in [0.2, 0.25) is 0 Å². The topological polar surface area (TPSA) is 26.3 Å². The molecule has 1 aliphatic rings. The summed E-state index contributed by atoms with van der Waals surface area (Å²) in [5.41, 5.74) is 3.77. The van der Waals surface area contributed by atoms with Gasteiger partial charge in [-0.15, -0.1) is 0 Å². The van der Waals surface area contributed by atoms with Gasteiger partial charge in [-0.1, -0.05) is 18.2 Å². The van der Waals surface area contributed by atoms with Crippen LogP contribution < -0.4 is 0 Å². The summed E-state index contributed by atoms with van der Waals surface area (Å²) in [7, 11) is 1.75. The molecule has 0 aromatic heterocycles. The van der Waals surface area contributed by atoms with E-state index in [1.807, 2.05) is 6.07 Å². The van der Waals surface area contributed by atoms with Gasteiger partial charge in [-0.25, -0.2) is 0 Å². The van der Waals surface area contributed by atoms with E-state index in [4.69, 9.17) is 4.74 Å². The van der Waals surface area contributed by atoms with E-state index in [0.717, 1.165) is 18.4 Å². The average Bonchev–Trinajstić information content (AvgIpc) is 2.58. The van der Waals surface area contributed by atoms with Gasteiger partial charge < -0.3 is 4.74 Å². The van der Waals surface area contributed by atoms with Gasteiger partial charge in [-0.3, -0.25) is 4.79 Å². The highest BCUT2D eigenvalue weighted by molar-refractivity contribution is 5.78. The maximum atomic E-state index is 11.0. The summed E-state index contributed by atoms with van der Waals surface area (Å²) in [6.45, 7) is 1.63. The number of rotatable bonds is 3. The van der Waals surface area contributed by atoms with Crippen molar-refractivity contribution in [3.05, 3.63) is 34.9 Å². The van der Waals surface area contributed by atoms with Gasteiger partial charge in [0.1, 0.15) is 5.78 Å². The molecule has 0 saturated carbocycles. The molecular formula is C13H16O2. The molecule has 0 radical (unpaired) electrons. The highest BCUT2D eigenvalue weighted by atomic mass is 16.5. The SMILES string of the molecule is COC1CCc2cc(CC(C)=O)ccc21. The Morgan fingerprint density at radius 1 is 1.53 bits per heavy atom. The fourth-order valence-corrected chi connectivity index (χ4v) is 2.27. The van der Waals surface area contributed by atoms with E-state index < -0.39 is 0 Å². The second kappa shape index (κ2) is 4.15. The van der Waals surface area contributed by atoms with Gasteiger partial charge >= 0.3 is 0 Å². The molecule has 0 bridgehead atoms. The number of benzene rings is 1. The third-order valence-corrected chi connectivity index (χ3v) is 2.97. The molecule has 1 atom stereocenters. The van der Waals surface area contributed by atoms with Crippen molar-refractivity contribution in [3.63, 3.8) is 0 Å². The van der Waals surface area contributed by atoms with Gasteiger partial charge in [0.25, 0.3) is 0 Å². The molecule has 0 heterocycles. The second-order valence-corrected chi connectivity index (χ2v) is 4.17. The Morgan fingerprint density at radius 3 is 3.00 bits per heavy atom. The summed E-state index contributed by atoms with van der Waals surface area (Å²) < 4.78 is 5.39. The Labute approximate surface area is 90.3 Å². The number of methoxy groups -OCH3 is 1. The zero-order valence-electron chi connectivity index (χ0n) is 9.25. The summed E-state index contributed by atoms with van der Waals surface area (Å²) in [4.78, 5) is 11.0. The maximum absolute atomic E-state index is 11.0. The molecule has 2 rings (SSSR count). The third kappa shape index (κ3) is 2.10. The summed E-state index contributed by atoms with van der Waals surface area (Å²) in [5.74, 6) is 0.219. The van der Waals surface area contributed by atoms with Gasteiger partial charge in [-0.2, -0.15) is 0 Å². The first-order valence-electron chi connectivity index (χ1n) is 5.34. The lowest BCUT2D eigenvalue weighted by Crippen LogP contribution is -1.99. The number of hydrogen-bond acceptors (Lipinski definition) is 2. The molecule has 0 amide bonds. The molecule has 0 N–H and O–H groups in total. The summed E-state index contributed by atoms with van der Waals surface area (Å²) >= 11 is 0. The van der Waals surface area contributed by atoms with E-state index in [9.17, 15) is 4.79 Å². The number of hydrogen-bond donors (Lipinski definition) is 0. The highest BCUT2D eigenvalue weighted by Gasteiger charge is 2.21. The lowest BCUT2D eigenvalue weighted by molar-refractivity contribution is -0.116. The Balaban J connectivity index is 2.25. The summed E-state index contributed by atoms with van der Waals surface area (Å²) in [6.07, 6.45) is 2.94. The van der Waals surface area contributed by atoms with Crippen LogP contribution in [0.1, 0.15) is 36.1 Å². The third-order valence-electron chi connectivity index (χ3n) is 2.97. The second-order valence-electron chi connectivity index (χ2n) is 4.17. The van der Waals surface area contributed by atoms with Crippen molar-refractivity contribution < 1.29 is 9.53 Å². The van der Waals surface area contributed by atoms with Crippen LogP contribution in [0, 0.1) is 0 Å². The van der Waals surface area contributed by atoms with E-state index in [1.165, 1.54) is 11.1 Å². The molecule has 2 heteroatoms. The van der Waals surface area contributed by atoms with Crippen LogP contribution in [-0.4, -0.2) is 12.9 Å². The van der Waals surface area contributed by atoms with Gasteiger partial charge in [-0.05, 0) is 36.5 Å². The monoisotopic (exact) mass is 204 g/mol. The van der Waals surface area contributed by atoms with Crippen molar-refractivity contribution >= 4 is 5.78 Å². The molecule has 1 aromatic carbocycles. The Bertz CT molecular complexity index is 382. The smallest absolute Gasteiger partial charge is 0.134 e. The van der Waals surface area contributed by atoms with E-state index in [2.05, 4.69) is 12.1 Å². The molecule has 1 unspecified atom stereocenters. The minimum absolute atomic E-state index is 0.219. The van der Waals surface area contributed by atoms with Crippen LogP contribution in [0.15, 0.2) is 18.2 Å². The van der Waals surface area contributed by atoms with Crippen molar-refractivity contribution in [2.24, 2.45) is 0 Å². The van der Waals surface area contributed by atoms with Crippen LogP contribution in [0.3, 0.4) is 0 Å². The van der Waals surface area contributed by atoms with E-state index in [-0.39, 0.29) is 11.9 Å². The standard InChI is InChI=1S/C13H16O2/c1-9(14)7-10-3-5-12-11(8-10)4-6-13(12)15-2/h3,5,8,13H,4,6-7H2,1-2H3. The number of carbonyl (C=O) groups excluding carboxylic acids is 1. The minimum Gasteiger partial charge on any atom is -0.377 e. The fraction of sp³-hybridized carbons (Fsp3) is 0.462. The zero-order valence-corrected chi connectivity index (χ0v) is 9.25. The zero-order chi connectivity index (χ0) is 10.8. The first kappa shape index (κ1) is 10.4. The highest BCUT2D eigenvalue weighted by Crippen LogP contribution is 2.33. The van der Waals surface area contributed by atoms with Crippen LogP contribution in [-0.2, 0) is 22.4 Å². The molecule has 0 saturated heterocycles. The molecule has 15 heavy (non-hydrogen) atoms. The number of ketones is 1. The number of Topliss-reactive ketones (excluding diaryl/α,β-unsaturated/α-hetero) is 1. The Hall–Kier alpha value is -1.15. The first-order chi connectivity index (χ1) is 7.20. The first-order valence-corrected chi connectivity index (χ1v) is 5.34. The van der Waals surface area contributed by atoms with Gasteiger partial charge in [0.15, 0.2) is 0 Å². The fourth-order valence-electron chi connectivity index (χ4n) is 2.27. The van der Waals surface area contributed by atoms with Crippen molar-refractivity contribution in [3.8, 4) is 0 Å². The molecule has 0 aliphatic heterocycles. The normalized spacial score (nSPS) is 18.9. The van der Waals surface area contributed by atoms with Crippen molar-refractivity contribution in [1.82, 2.24) is 0 Å². The van der Waals surface area contributed by atoms with Crippen LogP contribution in [0.5, 0.6) is 0 Å². The van der Waals surface area contributed by atoms with Crippen molar-refractivity contribution in [2.75, 3.05) is 7.11 Å². The Kier molecular flexibility index (Phi) is 2.87. The Morgan fingerprint density at radius 2 is 2.33 bits per heavy atom. The molecule has 80 valence electrons. The molecule has 1 aliphatic carbocycles. The molecule has 1 aromatic rings. The van der Waals surface area contributed by atoms with E-state index in [0.29, 0.717) is 6.42 Å². The number of ether oxygens (including phenoxy) is 1. The van der Waals surface area contributed by atoms with E-state index in [1.54, 1.807) is 14.0 Å². The lowest BCUT2D eigenvalue weighted by atomic mass is 10.0. The van der Waals surface area contributed by atoms with Crippen LogP contribution >= 0.6 is 0 Å². The average molecular weight is 204 g/mol. The summed E-state index contributed by atoms with van der Waals surface area (Å²) in [5, 5.41) is 0. The lowest BCUT2D eigenvalue weighted by Gasteiger charge is -2.09. The number of fused-ring (bicyclic) bond motifs is 1. The summed E-state index contributed by atoms with van der Waals surface area (Å²) in [6, 6.07) is 6.29. The molecular weight excluding hydrogens is 188 g/mol. The predicted molar refractivity (Wildman–Crippen MR) is 58.9 cm³/mol. The number of carbonyl (C=O) groups is 1. The largest absolute Gasteiger partial charge is 0.377 e. The van der Waals surface area contributed by atoms with Gasteiger partial charge in [0.2, 0.25) is 0 Å². The van der Waals surface area contributed by atoms with Crippen molar-refractivity contribution in [2.45, 2.75) is 32.3 Å². The van der Waals surface area contributed by atoms with Crippen LogP contribution in [0.25, 0.3) is 0 Å². The predicted octanol–water partition coefficient (Wildman–Crippen LogP) is 2.45. The van der Waals surface area contributed by atoms with Crippen LogP contribution in [0.4, 0.5) is 0 Å². The maximum Gasteiger partial charge on any atom is 0.134 e. The van der Waals surface area contributed by atoms with Gasteiger partial charge in [0, 0.05) is 13.5 Å². The van der Waals surface area contributed by atoms with E-state index >= 15 is 0 Å². The quantitative estimate of drug-likeness (QED) is 0.756. The van der Waals surface area contributed by atoms with Gasteiger partial charge in [0.05, 0.1) is 6.10 Å².